The SMILES string of the molecule is COCCN1CCC(C(=O)NC2CCN(Cc3cccc(O)c3)CC2)C1. The molecule has 0 saturated carbocycles. The van der Waals surface area contributed by atoms with Crippen LogP contribution in [-0.2, 0) is 16.1 Å². The van der Waals surface area contributed by atoms with E-state index in [2.05, 4.69) is 15.1 Å². The van der Waals surface area contributed by atoms with E-state index in [0.717, 1.165) is 70.7 Å². The lowest BCUT2D eigenvalue weighted by atomic mass is 10.0. The maximum absolute atomic E-state index is 12.5. The molecule has 0 spiro atoms. The average molecular weight is 361 g/mol. The molecule has 1 aromatic rings. The first-order valence-electron chi connectivity index (χ1n) is 9.66. The summed E-state index contributed by atoms with van der Waals surface area (Å²) in [4.78, 5) is 17.2. The van der Waals surface area contributed by atoms with Crippen molar-refractivity contribution in [1.29, 1.82) is 0 Å². The van der Waals surface area contributed by atoms with E-state index < -0.39 is 0 Å². The Balaban J connectivity index is 1.38. The lowest BCUT2D eigenvalue weighted by Gasteiger charge is -2.33. The number of aromatic hydroxyl groups is 1. The number of likely N-dealkylation sites (tertiary alicyclic amines) is 2. The molecule has 6 heteroatoms. The summed E-state index contributed by atoms with van der Waals surface area (Å²) < 4.78 is 5.12. The summed E-state index contributed by atoms with van der Waals surface area (Å²) in [5.41, 5.74) is 1.13. The number of carbonyl (C=O) groups excluding carboxylic acids is 1. The van der Waals surface area contributed by atoms with Crippen LogP contribution in [0.4, 0.5) is 0 Å². The number of benzene rings is 1. The van der Waals surface area contributed by atoms with Crippen LogP contribution in [0.15, 0.2) is 24.3 Å². The Morgan fingerprint density at radius 3 is 2.73 bits per heavy atom. The van der Waals surface area contributed by atoms with Gasteiger partial charge in [0.05, 0.1) is 12.5 Å². The van der Waals surface area contributed by atoms with Crippen LogP contribution in [0.25, 0.3) is 0 Å². The van der Waals surface area contributed by atoms with Crippen molar-refractivity contribution in [3.05, 3.63) is 29.8 Å². The van der Waals surface area contributed by atoms with Crippen LogP contribution < -0.4 is 5.32 Å². The van der Waals surface area contributed by atoms with E-state index in [4.69, 9.17) is 4.74 Å². The third-order valence-corrected chi connectivity index (χ3v) is 5.51. The number of carbonyl (C=O) groups is 1. The highest BCUT2D eigenvalue weighted by atomic mass is 16.5. The van der Waals surface area contributed by atoms with Crippen molar-refractivity contribution in [2.24, 2.45) is 5.92 Å². The minimum atomic E-state index is 0.122. The molecule has 3 rings (SSSR count). The molecule has 0 radical (unpaired) electrons. The number of hydrogen-bond acceptors (Lipinski definition) is 5. The molecule has 2 heterocycles. The number of hydrogen-bond donors (Lipinski definition) is 2. The molecule has 26 heavy (non-hydrogen) atoms. The zero-order chi connectivity index (χ0) is 18.4. The summed E-state index contributed by atoms with van der Waals surface area (Å²) in [6.45, 7) is 6.29. The summed E-state index contributed by atoms with van der Waals surface area (Å²) >= 11 is 0. The van der Waals surface area contributed by atoms with Crippen molar-refractivity contribution in [1.82, 2.24) is 15.1 Å². The third kappa shape index (κ3) is 5.43. The molecule has 1 aromatic carbocycles. The summed E-state index contributed by atoms with van der Waals surface area (Å²) in [6, 6.07) is 7.74. The number of phenolic OH excluding ortho intramolecular Hbond substituents is 1. The Kier molecular flexibility index (Phi) is 6.88. The topological polar surface area (TPSA) is 65.0 Å². The number of nitrogens with zero attached hydrogens (tertiary/aromatic N) is 2. The van der Waals surface area contributed by atoms with Crippen LogP contribution >= 0.6 is 0 Å². The Hall–Kier alpha value is -1.63. The molecule has 2 saturated heterocycles. The van der Waals surface area contributed by atoms with E-state index in [9.17, 15) is 9.90 Å². The van der Waals surface area contributed by atoms with Gasteiger partial charge in [0.2, 0.25) is 5.91 Å². The molecular formula is C20H31N3O3. The van der Waals surface area contributed by atoms with E-state index >= 15 is 0 Å². The fraction of sp³-hybridized carbons (Fsp3) is 0.650. The van der Waals surface area contributed by atoms with Crippen molar-refractivity contribution in [2.75, 3.05) is 46.4 Å². The summed E-state index contributed by atoms with van der Waals surface area (Å²) in [7, 11) is 1.72. The predicted octanol–water partition coefficient (Wildman–Crippen LogP) is 1.44. The predicted molar refractivity (Wildman–Crippen MR) is 101 cm³/mol. The van der Waals surface area contributed by atoms with E-state index in [1.165, 1.54) is 0 Å². The molecule has 1 amide bonds. The zero-order valence-corrected chi connectivity index (χ0v) is 15.7. The van der Waals surface area contributed by atoms with Crippen molar-refractivity contribution in [2.45, 2.75) is 31.8 Å². The number of piperidine rings is 1. The van der Waals surface area contributed by atoms with Gasteiger partial charge in [0.25, 0.3) is 0 Å². The number of phenols is 1. The van der Waals surface area contributed by atoms with Gasteiger partial charge >= 0.3 is 0 Å². The third-order valence-electron chi connectivity index (χ3n) is 5.51. The number of methoxy groups -OCH3 is 1. The molecule has 144 valence electrons. The van der Waals surface area contributed by atoms with E-state index in [1.807, 2.05) is 18.2 Å². The van der Waals surface area contributed by atoms with E-state index in [1.54, 1.807) is 13.2 Å². The van der Waals surface area contributed by atoms with Crippen molar-refractivity contribution < 1.29 is 14.6 Å². The molecule has 1 atom stereocenters. The smallest absolute Gasteiger partial charge is 0.224 e. The van der Waals surface area contributed by atoms with Crippen LogP contribution in [-0.4, -0.2) is 73.3 Å². The van der Waals surface area contributed by atoms with Gasteiger partial charge in [-0.15, -0.1) is 0 Å². The lowest BCUT2D eigenvalue weighted by molar-refractivity contribution is -0.125. The van der Waals surface area contributed by atoms with Crippen LogP contribution in [0.2, 0.25) is 0 Å². The molecule has 0 aliphatic carbocycles. The first-order chi connectivity index (χ1) is 12.6. The molecule has 2 aliphatic rings. The van der Waals surface area contributed by atoms with Gasteiger partial charge in [-0.25, -0.2) is 0 Å². The number of amides is 1. The lowest BCUT2D eigenvalue weighted by Crippen LogP contribution is -2.46. The summed E-state index contributed by atoms with van der Waals surface area (Å²) in [5.74, 6) is 0.661. The van der Waals surface area contributed by atoms with Gasteiger partial charge in [-0.3, -0.25) is 9.69 Å². The van der Waals surface area contributed by atoms with E-state index in [0.29, 0.717) is 5.75 Å². The first kappa shape index (κ1) is 19.1. The normalized spacial score (nSPS) is 22.6. The van der Waals surface area contributed by atoms with Crippen molar-refractivity contribution in [3.8, 4) is 5.75 Å². The highest BCUT2D eigenvalue weighted by Gasteiger charge is 2.30. The van der Waals surface area contributed by atoms with Crippen LogP contribution in [0, 0.1) is 5.92 Å². The van der Waals surface area contributed by atoms with Crippen LogP contribution in [0.3, 0.4) is 0 Å². The summed E-state index contributed by atoms with van der Waals surface area (Å²) in [6.07, 6.45) is 2.93. The van der Waals surface area contributed by atoms with Gasteiger partial charge in [0.1, 0.15) is 5.75 Å². The molecule has 0 bridgehead atoms. The number of rotatable bonds is 7. The van der Waals surface area contributed by atoms with Crippen molar-refractivity contribution >= 4 is 5.91 Å². The first-order valence-corrected chi connectivity index (χ1v) is 9.66. The second-order valence-electron chi connectivity index (χ2n) is 7.51. The van der Waals surface area contributed by atoms with Crippen molar-refractivity contribution in [3.63, 3.8) is 0 Å². The Morgan fingerprint density at radius 2 is 2.00 bits per heavy atom. The van der Waals surface area contributed by atoms with Gasteiger partial charge in [-0.2, -0.15) is 0 Å². The molecule has 2 N–H and O–H groups in total. The maximum Gasteiger partial charge on any atom is 0.224 e. The Labute approximate surface area is 156 Å². The molecule has 0 aromatic heterocycles. The standard InChI is InChI=1S/C20H31N3O3/c1-26-12-11-23-8-5-17(15-23)20(25)21-18-6-9-22(10-7-18)14-16-3-2-4-19(24)13-16/h2-4,13,17-18,24H,5-12,14-15H2,1H3,(H,21,25). The van der Waals surface area contributed by atoms with Crippen LogP contribution in [0.5, 0.6) is 5.75 Å². The number of nitrogens with one attached hydrogen (secondary N) is 1. The highest BCUT2D eigenvalue weighted by Crippen LogP contribution is 2.19. The summed E-state index contributed by atoms with van der Waals surface area (Å²) in [5, 5.41) is 12.8. The molecule has 6 nitrogen and oxygen atoms in total. The fourth-order valence-electron chi connectivity index (χ4n) is 3.94. The minimum absolute atomic E-state index is 0.122. The van der Waals surface area contributed by atoms with Crippen LogP contribution in [0.1, 0.15) is 24.8 Å². The second-order valence-corrected chi connectivity index (χ2v) is 7.51. The van der Waals surface area contributed by atoms with Gasteiger partial charge in [0.15, 0.2) is 0 Å². The Morgan fingerprint density at radius 1 is 1.23 bits per heavy atom. The highest BCUT2D eigenvalue weighted by molar-refractivity contribution is 5.79. The second kappa shape index (κ2) is 9.35. The average Bonchev–Trinajstić information content (AvgIpc) is 3.11. The molecule has 1 unspecified atom stereocenters. The van der Waals surface area contributed by atoms with Gasteiger partial charge < -0.3 is 20.1 Å². The Bertz CT molecular complexity index is 587. The van der Waals surface area contributed by atoms with Gasteiger partial charge in [-0.05, 0) is 43.5 Å². The monoisotopic (exact) mass is 361 g/mol. The molecule has 2 fully saturated rings. The fourth-order valence-corrected chi connectivity index (χ4v) is 3.94. The minimum Gasteiger partial charge on any atom is -0.508 e. The van der Waals surface area contributed by atoms with Gasteiger partial charge in [0, 0.05) is 45.9 Å². The molecular weight excluding hydrogens is 330 g/mol. The number of ether oxygens (including phenoxy) is 1. The quantitative estimate of drug-likeness (QED) is 0.769. The van der Waals surface area contributed by atoms with Gasteiger partial charge in [-0.1, -0.05) is 12.1 Å². The molecule has 2 aliphatic heterocycles. The maximum atomic E-state index is 12.5. The zero-order valence-electron chi connectivity index (χ0n) is 15.7. The largest absolute Gasteiger partial charge is 0.508 e. The van der Waals surface area contributed by atoms with E-state index in [-0.39, 0.29) is 17.9 Å².